The Bertz CT molecular complexity index is 369. The van der Waals surface area contributed by atoms with Crippen LogP contribution in [0.15, 0.2) is 24.3 Å². The first-order valence-corrected chi connectivity index (χ1v) is 4.92. The fraction of sp³-hybridized carbons (Fsp3) is 0.333. The summed E-state index contributed by atoms with van der Waals surface area (Å²) in [7, 11) is 0. The van der Waals surface area contributed by atoms with E-state index in [4.69, 9.17) is 15.2 Å². The van der Waals surface area contributed by atoms with Gasteiger partial charge in [0.2, 0.25) is 0 Å². The molecule has 2 rings (SSSR count). The van der Waals surface area contributed by atoms with Gasteiger partial charge in [0.05, 0.1) is 19.8 Å². The molecular weight excluding hydrogens is 190 g/mol. The lowest BCUT2D eigenvalue weighted by atomic mass is 10.1. The van der Waals surface area contributed by atoms with Crippen LogP contribution in [0.2, 0.25) is 0 Å². The summed E-state index contributed by atoms with van der Waals surface area (Å²) >= 11 is 0. The zero-order chi connectivity index (χ0) is 10.5. The molecule has 0 saturated carbocycles. The zero-order valence-corrected chi connectivity index (χ0v) is 8.40. The van der Waals surface area contributed by atoms with E-state index in [1.807, 2.05) is 24.3 Å². The maximum absolute atomic E-state index is 5.38. The number of nitrogens with two attached hydrogens (primary N) is 1. The van der Waals surface area contributed by atoms with Gasteiger partial charge in [-0.3, -0.25) is 0 Å². The van der Waals surface area contributed by atoms with Crippen LogP contribution in [-0.4, -0.2) is 19.8 Å². The molecule has 1 aromatic rings. The van der Waals surface area contributed by atoms with Gasteiger partial charge in [-0.15, -0.1) is 0 Å². The van der Waals surface area contributed by atoms with Crippen molar-refractivity contribution in [3.63, 3.8) is 0 Å². The average molecular weight is 203 g/mol. The minimum absolute atomic E-state index is 0.207. The molecule has 3 heteroatoms. The Morgan fingerprint density at radius 1 is 1.20 bits per heavy atom. The molecule has 0 amide bonds. The van der Waals surface area contributed by atoms with Gasteiger partial charge in [0.1, 0.15) is 0 Å². The average Bonchev–Trinajstić information content (AvgIpc) is 2.80. The Kier molecular flexibility index (Phi) is 3.36. The van der Waals surface area contributed by atoms with Crippen molar-refractivity contribution in [2.24, 2.45) is 5.73 Å². The molecular formula is C12H13NO2. The highest BCUT2D eigenvalue weighted by atomic mass is 16.7. The van der Waals surface area contributed by atoms with E-state index in [-0.39, 0.29) is 6.29 Å². The summed E-state index contributed by atoms with van der Waals surface area (Å²) in [5.41, 5.74) is 7.29. The van der Waals surface area contributed by atoms with Crippen LogP contribution < -0.4 is 5.73 Å². The SMILES string of the molecule is NCC#Cc1ccc(C2OCCO2)cc1. The maximum Gasteiger partial charge on any atom is 0.184 e. The van der Waals surface area contributed by atoms with E-state index >= 15 is 0 Å². The van der Waals surface area contributed by atoms with Crippen molar-refractivity contribution in [3.8, 4) is 11.8 Å². The Hall–Kier alpha value is -1.34. The van der Waals surface area contributed by atoms with Crippen LogP contribution in [0.1, 0.15) is 17.4 Å². The van der Waals surface area contributed by atoms with Gasteiger partial charge in [0.25, 0.3) is 0 Å². The van der Waals surface area contributed by atoms with Gasteiger partial charge in [0, 0.05) is 11.1 Å². The fourth-order valence-corrected chi connectivity index (χ4v) is 1.43. The molecule has 1 fully saturated rings. The van der Waals surface area contributed by atoms with Crippen LogP contribution in [0.3, 0.4) is 0 Å². The van der Waals surface area contributed by atoms with Crippen LogP contribution in [0, 0.1) is 11.8 Å². The van der Waals surface area contributed by atoms with E-state index in [1.54, 1.807) is 0 Å². The first-order valence-electron chi connectivity index (χ1n) is 4.92. The summed E-state index contributed by atoms with van der Waals surface area (Å²) < 4.78 is 10.8. The molecule has 0 unspecified atom stereocenters. The van der Waals surface area contributed by atoms with Gasteiger partial charge in [-0.25, -0.2) is 0 Å². The molecule has 2 N–H and O–H groups in total. The number of ether oxygens (including phenoxy) is 2. The fourth-order valence-electron chi connectivity index (χ4n) is 1.43. The molecule has 0 bridgehead atoms. The van der Waals surface area contributed by atoms with Gasteiger partial charge < -0.3 is 15.2 Å². The maximum atomic E-state index is 5.38. The monoisotopic (exact) mass is 203 g/mol. The summed E-state index contributed by atoms with van der Waals surface area (Å²) in [4.78, 5) is 0. The molecule has 1 saturated heterocycles. The van der Waals surface area contributed by atoms with E-state index < -0.39 is 0 Å². The van der Waals surface area contributed by atoms with Gasteiger partial charge in [-0.2, -0.15) is 0 Å². The molecule has 1 aliphatic rings. The van der Waals surface area contributed by atoms with Crippen LogP contribution in [0.4, 0.5) is 0 Å². The molecule has 78 valence electrons. The Morgan fingerprint density at radius 3 is 2.47 bits per heavy atom. The quantitative estimate of drug-likeness (QED) is 0.694. The minimum Gasteiger partial charge on any atom is -0.346 e. The van der Waals surface area contributed by atoms with Gasteiger partial charge >= 0.3 is 0 Å². The predicted octanol–water partition coefficient (Wildman–Crippen LogP) is 1.04. The number of hydrogen-bond acceptors (Lipinski definition) is 3. The lowest BCUT2D eigenvalue weighted by Crippen LogP contribution is -1.97. The van der Waals surface area contributed by atoms with Crippen molar-refractivity contribution in [2.75, 3.05) is 19.8 Å². The second-order valence-corrected chi connectivity index (χ2v) is 3.20. The lowest BCUT2D eigenvalue weighted by Gasteiger charge is -2.08. The van der Waals surface area contributed by atoms with Crippen LogP contribution in [0.5, 0.6) is 0 Å². The zero-order valence-electron chi connectivity index (χ0n) is 8.40. The third-order valence-electron chi connectivity index (χ3n) is 2.14. The van der Waals surface area contributed by atoms with E-state index in [9.17, 15) is 0 Å². The molecule has 0 aliphatic carbocycles. The highest BCUT2D eigenvalue weighted by molar-refractivity contribution is 5.36. The molecule has 0 radical (unpaired) electrons. The molecule has 0 spiro atoms. The molecule has 1 aromatic carbocycles. The second-order valence-electron chi connectivity index (χ2n) is 3.20. The van der Waals surface area contributed by atoms with Crippen molar-refractivity contribution in [2.45, 2.75) is 6.29 Å². The van der Waals surface area contributed by atoms with E-state index in [2.05, 4.69) is 11.8 Å². The first kappa shape index (κ1) is 10.2. The third kappa shape index (κ3) is 2.57. The van der Waals surface area contributed by atoms with Crippen molar-refractivity contribution in [3.05, 3.63) is 35.4 Å². The predicted molar refractivity (Wildman–Crippen MR) is 57.0 cm³/mol. The van der Waals surface area contributed by atoms with Gasteiger partial charge in [0.15, 0.2) is 6.29 Å². The normalized spacial score (nSPS) is 16.1. The van der Waals surface area contributed by atoms with Crippen molar-refractivity contribution in [1.29, 1.82) is 0 Å². The first-order chi connectivity index (χ1) is 7.40. The largest absolute Gasteiger partial charge is 0.346 e. The third-order valence-corrected chi connectivity index (χ3v) is 2.14. The van der Waals surface area contributed by atoms with Crippen molar-refractivity contribution >= 4 is 0 Å². The van der Waals surface area contributed by atoms with Gasteiger partial charge in [-0.1, -0.05) is 24.0 Å². The summed E-state index contributed by atoms with van der Waals surface area (Å²) in [6.45, 7) is 1.72. The Balaban J connectivity index is 2.09. The van der Waals surface area contributed by atoms with Gasteiger partial charge in [-0.05, 0) is 12.1 Å². The number of benzene rings is 1. The van der Waals surface area contributed by atoms with Crippen molar-refractivity contribution < 1.29 is 9.47 Å². The summed E-state index contributed by atoms with van der Waals surface area (Å²) in [6.07, 6.45) is -0.207. The summed E-state index contributed by atoms with van der Waals surface area (Å²) in [6, 6.07) is 7.83. The van der Waals surface area contributed by atoms with Crippen molar-refractivity contribution in [1.82, 2.24) is 0 Å². The molecule has 0 aromatic heterocycles. The minimum atomic E-state index is -0.207. The van der Waals surface area contributed by atoms with Crippen LogP contribution >= 0.6 is 0 Å². The highest BCUT2D eigenvalue weighted by Crippen LogP contribution is 2.22. The van der Waals surface area contributed by atoms with Crippen LogP contribution in [0.25, 0.3) is 0 Å². The summed E-state index contributed by atoms with van der Waals surface area (Å²) in [5, 5.41) is 0. The molecule has 1 heterocycles. The number of hydrogen-bond donors (Lipinski definition) is 1. The van der Waals surface area contributed by atoms with E-state index in [0.29, 0.717) is 19.8 Å². The molecule has 1 aliphatic heterocycles. The lowest BCUT2D eigenvalue weighted by molar-refractivity contribution is -0.0441. The number of rotatable bonds is 1. The van der Waals surface area contributed by atoms with Crippen LogP contribution in [-0.2, 0) is 9.47 Å². The topological polar surface area (TPSA) is 44.5 Å². The van der Waals surface area contributed by atoms with E-state index in [1.165, 1.54) is 0 Å². The Morgan fingerprint density at radius 2 is 1.87 bits per heavy atom. The second kappa shape index (κ2) is 4.94. The molecule has 15 heavy (non-hydrogen) atoms. The Labute approximate surface area is 89.2 Å². The standard InChI is InChI=1S/C12H13NO2/c13-7-1-2-10-3-5-11(6-4-10)12-14-8-9-15-12/h3-6,12H,7-9,13H2. The smallest absolute Gasteiger partial charge is 0.184 e. The van der Waals surface area contributed by atoms with E-state index in [0.717, 1.165) is 11.1 Å². The summed E-state index contributed by atoms with van der Waals surface area (Å²) in [5.74, 6) is 5.77. The highest BCUT2D eigenvalue weighted by Gasteiger charge is 2.17. The molecule has 0 atom stereocenters. The molecule has 3 nitrogen and oxygen atoms in total.